The number of thiazole rings is 1. The van der Waals surface area contributed by atoms with Gasteiger partial charge >= 0.3 is 0 Å². The Morgan fingerprint density at radius 2 is 2.33 bits per heavy atom. The molecule has 0 atom stereocenters. The van der Waals surface area contributed by atoms with E-state index in [1.165, 1.54) is 22.7 Å². The molecule has 80 valence electrons. The molecule has 3 nitrogen and oxygen atoms in total. The Kier molecular flexibility index (Phi) is 2.06. The van der Waals surface area contributed by atoms with E-state index >= 15 is 0 Å². The molecule has 1 fully saturated rings. The van der Waals surface area contributed by atoms with Crippen LogP contribution in [-0.2, 0) is 17.8 Å². The summed E-state index contributed by atoms with van der Waals surface area (Å²) in [6, 6.07) is 0. The fourth-order valence-electron chi connectivity index (χ4n) is 1.99. The number of carbonyl (C=O) groups is 1. The molecule has 0 unspecified atom stereocenters. The molecule has 1 aliphatic heterocycles. The van der Waals surface area contributed by atoms with E-state index in [0.29, 0.717) is 0 Å². The molecule has 1 saturated carbocycles. The van der Waals surface area contributed by atoms with Crippen LogP contribution in [0.2, 0.25) is 0 Å². The molecule has 4 heteroatoms. The number of amides is 1. The summed E-state index contributed by atoms with van der Waals surface area (Å²) >= 11 is 1.87. The number of aromatic nitrogens is 1. The summed E-state index contributed by atoms with van der Waals surface area (Å²) in [5.41, 5.74) is 1.16. The summed E-state index contributed by atoms with van der Waals surface area (Å²) in [5, 5.41) is 1.31. The van der Waals surface area contributed by atoms with Crippen LogP contribution in [0.5, 0.6) is 0 Å². The van der Waals surface area contributed by atoms with Crippen LogP contribution in [0, 0.1) is 0 Å². The van der Waals surface area contributed by atoms with Crippen LogP contribution in [0.25, 0.3) is 0 Å². The van der Waals surface area contributed by atoms with Gasteiger partial charge in [-0.05, 0) is 12.8 Å². The Bertz CT molecular complexity index is 409. The van der Waals surface area contributed by atoms with Crippen molar-refractivity contribution in [3.8, 4) is 0 Å². The number of nitrogens with zero attached hydrogens (tertiary/aromatic N) is 2. The summed E-state index contributed by atoms with van der Waals surface area (Å²) < 4.78 is 0. The summed E-state index contributed by atoms with van der Waals surface area (Å²) in [6.45, 7) is 3.24. The molecule has 2 heterocycles. The molecule has 0 saturated heterocycles. The Morgan fingerprint density at radius 3 is 3.00 bits per heavy atom. The van der Waals surface area contributed by atoms with Gasteiger partial charge in [-0.1, -0.05) is 0 Å². The van der Waals surface area contributed by atoms with Gasteiger partial charge in [0.05, 0.1) is 17.2 Å². The van der Waals surface area contributed by atoms with Gasteiger partial charge in [-0.25, -0.2) is 4.98 Å². The number of carbonyl (C=O) groups excluding carboxylic acids is 1. The zero-order chi connectivity index (χ0) is 10.4. The molecule has 0 N–H and O–H groups in total. The molecule has 2 aliphatic rings. The second kappa shape index (κ2) is 3.30. The van der Waals surface area contributed by atoms with E-state index < -0.39 is 0 Å². The van der Waals surface area contributed by atoms with E-state index in [2.05, 4.69) is 4.98 Å². The van der Waals surface area contributed by atoms with E-state index in [-0.39, 0.29) is 5.91 Å². The fourth-order valence-corrected chi connectivity index (χ4v) is 3.22. The van der Waals surface area contributed by atoms with E-state index in [1.807, 2.05) is 16.2 Å². The molecular formula is C11H14N2OS. The lowest BCUT2D eigenvalue weighted by Gasteiger charge is -2.24. The van der Waals surface area contributed by atoms with Gasteiger partial charge in [0.1, 0.15) is 0 Å². The highest BCUT2D eigenvalue weighted by atomic mass is 32.1. The molecule has 1 aromatic rings. The normalized spacial score (nSPS) is 20.2. The largest absolute Gasteiger partial charge is 0.337 e. The van der Waals surface area contributed by atoms with E-state index in [1.54, 1.807) is 6.92 Å². The highest BCUT2D eigenvalue weighted by Crippen LogP contribution is 2.43. The quantitative estimate of drug-likeness (QED) is 0.727. The van der Waals surface area contributed by atoms with Crippen molar-refractivity contribution in [3.63, 3.8) is 0 Å². The predicted octanol–water partition coefficient (Wildman–Crippen LogP) is 1.93. The lowest BCUT2D eigenvalue weighted by Crippen LogP contribution is -2.33. The van der Waals surface area contributed by atoms with Crippen molar-refractivity contribution in [1.29, 1.82) is 0 Å². The Hall–Kier alpha value is -0.900. The maximum atomic E-state index is 11.3. The maximum absolute atomic E-state index is 11.3. The third-order valence-electron chi connectivity index (χ3n) is 3.12. The minimum atomic E-state index is 0.168. The first kappa shape index (κ1) is 9.33. The summed E-state index contributed by atoms with van der Waals surface area (Å²) in [5.74, 6) is 0.910. The maximum Gasteiger partial charge on any atom is 0.219 e. The average Bonchev–Trinajstić information content (AvgIpc) is 2.97. The average molecular weight is 222 g/mol. The third-order valence-corrected chi connectivity index (χ3v) is 4.44. The Labute approximate surface area is 93.1 Å². The van der Waals surface area contributed by atoms with Gasteiger partial charge in [0, 0.05) is 30.7 Å². The van der Waals surface area contributed by atoms with Crippen LogP contribution < -0.4 is 0 Å². The number of rotatable bonds is 1. The highest BCUT2D eigenvalue weighted by molar-refractivity contribution is 7.11. The van der Waals surface area contributed by atoms with Gasteiger partial charge in [-0.3, -0.25) is 4.79 Å². The second-order valence-electron chi connectivity index (χ2n) is 4.39. The lowest BCUT2D eigenvalue weighted by molar-refractivity contribution is -0.129. The number of hydrogen-bond donors (Lipinski definition) is 0. The van der Waals surface area contributed by atoms with E-state index in [4.69, 9.17) is 0 Å². The molecule has 1 amide bonds. The first-order valence-electron chi connectivity index (χ1n) is 5.48. The SMILES string of the molecule is CC(=O)N1CCc2sc(C3CC3)nc2C1. The van der Waals surface area contributed by atoms with E-state index in [9.17, 15) is 4.79 Å². The first-order valence-corrected chi connectivity index (χ1v) is 6.29. The standard InChI is InChI=1S/C11H14N2OS/c1-7(14)13-5-4-10-9(6-13)12-11(15-10)8-2-3-8/h8H,2-6H2,1H3. The van der Waals surface area contributed by atoms with Crippen LogP contribution in [0.15, 0.2) is 0 Å². The van der Waals surface area contributed by atoms with Crippen molar-refractivity contribution in [3.05, 3.63) is 15.6 Å². The Morgan fingerprint density at radius 1 is 1.53 bits per heavy atom. The Balaban J connectivity index is 1.85. The zero-order valence-corrected chi connectivity index (χ0v) is 9.64. The summed E-state index contributed by atoms with van der Waals surface area (Å²) in [6.07, 6.45) is 3.62. The minimum Gasteiger partial charge on any atom is -0.337 e. The summed E-state index contributed by atoms with van der Waals surface area (Å²) in [4.78, 5) is 19.2. The lowest BCUT2D eigenvalue weighted by atomic mass is 10.2. The molecule has 0 aromatic carbocycles. The van der Waals surface area contributed by atoms with Crippen LogP contribution in [0.4, 0.5) is 0 Å². The van der Waals surface area contributed by atoms with Gasteiger partial charge < -0.3 is 4.90 Å². The van der Waals surface area contributed by atoms with Crippen molar-refractivity contribution in [2.45, 2.75) is 38.6 Å². The third kappa shape index (κ3) is 1.67. The van der Waals surface area contributed by atoms with Crippen LogP contribution in [-0.4, -0.2) is 22.3 Å². The van der Waals surface area contributed by atoms with Gasteiger partial charge in [-0.2, -0.15) is 0 Å². The predicted molar refractivity (Wildman–Crippen MR) is 58.9 cm³/mol. The van der Waals surface area contributed by atoms with E-state index in [0.717, 1.165) is 31.1 Å². The molecule has 0 bridgehead atoms. The number of fused-ring (bicyclic) bond motifs is 1. The van der Waals surface area contributed by atoms with Crippen molar-refractivity contribution in [1.82, 2.24) is 9.88 Å². The highest BCUT2D eigenvalue weighted by Gasteiger charge is 2.30. The topological polar surface area (TPSA) is 33.2 Å². The molecular weight excluding hydrogens is 208 g/mol. The number of hydrogen-bond acceptors (Lipinski definition) is 3. The van der Waals surface area contributed by atoms with Crippen molar-refractivity contribution in [2.75, 3.05) is 6.54 Å². The fraction of sp³-hybridized carbons (Fsp3) is 0.636. The summed E-state index contributed by atoms with van der Waals surface area (Å²) in [7, 11) is 0. The van der Waals surface area contributed by atoms with Crippen molar-refractivity contribution >= 4 is 17.2 Å². The zero-order valence-electron chi connectivity index (χ0n) is 8.82. The monoisotopic (exact) mass is 222 g/mol. The van der Waals surface area contributed by atoms with Crippen LogP contribution in [0.1, 0.15) is 41.3 Å². The smallest absolute Gasteiger partial charge is 0.219 e. The van der Waals surface area contributed by atoms with Crippen molar-refractivity contribution in [2.24, 2.45) is 0 Å². The van der Waals surface area contributed by atoms with Crippen LogP contribution >= 0.6 is 11.3 Å². The first-order chi connectivity index (χ1) is 7.24. The molecule has 1 aromatic heterocycles. The molecule has 0 spiro atoms. The molecule has 0 radical (unpaired) electrons. The van der Waals surface area contributed by atoms with Crippen molar-refractivity contribution < 1.29 is 4.79 Å². The second-order valence-corrected chi connectivity index (χ2v) is 5.50. The van der Waals surface area contributed by atoms with Gasteiger partial charge in [0.2, 0.25) is 5.91 Å². The van der Waals surface area contributed by atoms with Gasteiger partial charge in [0.15, 0.2) is 0 Å². The van der Waals surface area contributed by atoms with Gasteiger partial charge in [-0.15, -0.1) is 11.3 Å². The van der Waals surface area contributed by atoms with Crippen LogP contribution in [0.3, 0.4) is 0 Å². The van der Waals surface area contributed by atoms with Gasteiger partial charge in [0.25, 0.3) is 0 Å². The minimum absolute atomic E-state index is 0.168. The molecule has 1 aliphatic carbocycles. The molecule has 3 rings (SSSR count). The molecule has 15 heavy (non-hydrogen) atoms.